The maximum Gasteiger partial charge on any atom is 0.237 e. The first-order valence-electron chi connectivity index (χ1n) is 9.86. The van der Waals surface area contributed by atoms with Crippen LogP contribution in [-0.2, 0) is 9.53 Å². The van der Waals surface area contributed by atoms with E-state index in [2.05, 4.69) is 25.6 Å². The SMILES string of the molecule is CCC(C(=O)NCC12CCC(Nc3ncnc4scnc34)(CC1)CO2)N(C)C. The summed E-state index contributed by atoms with van der Waals surface area (Å²) in [5, 5.41) is 6.74. The van der Waals surface area contributed by atoms with Crippen LogP contribution in [0.2, 0.25) is 0 Å². The quantitative estimate of drug-likeness (QED) is 0.729. The van der Waals surface area contributed by atoms with E-state index >= 15 is 0 Å². The molecule has 28 heavy (non-hydrogen) atoms. The summed E-state index contributed by atoms with van der Waals surface area (Å²) in [4.78, 5) is 28.4. The van der Waals surface area contributed by atoms with E-state index in [4.69, 9.17) is 4.74 Å². The van der Waals surface area contributed by atoms with Crippen molar-refractivity contribution >= 4 is 33.4 Å². The second-order valence-electron chi connectivity index (χ2n) is 8.21. The number of hydrogen-bond donors (Lipinski definition) is 2. The first-order chi connectivity index (χ1) is 13.5. The third-order valence-electron chi connectivity index (χ3n) is 6.19. The van der Waals surface area contributed by atoms with Crippen molar-refractivity contribution in [2.75, 3.05) is 32.6 Å². The summed E-state index contributed by atoms with van der Waals surface area (Å²) in [5.74, 6) is 0.868. The van der Waals surface area contributed by atoms with Crippen molar-refractivity contribution in [3.8, 4) is 0 Å². The number of aromatic nitrogens is 3. The van der Waals surface area contributed by atoms with Gasteiger partial charge in [0.25, 0.3) is 0 Å². The van der Waals surface area contributed by atoms with Crippen LogP contribution in [0.1, 0.15) is 39.0 Å². The fourth-order valence-electron chi connectivity index (χ4n) is 4.34. The summed E-state index contributed by atoms with van der Waals surface area (Å²) >= 11 is 1.52. The van der Waals surface area contributed by atoms with Crippen molar-refractivity contribution in [3.05, 3.63) is 11.8 Å². The van der Waals surface area contributed by atoms with Gasteiger partial charge in [0.1, 0.15) is 16.7 Å². The highest BCUT2D eigenvalue weighted by Crippen LogP contribution is 2.45. The maximum absolute atomic E-state index is 12.5. The zero-order valence-electron chi connectivity index (χ0n) is 16.7. The van der Waals surface area contributed by atoms with E-state index in [1.165, 1.54) is 11.3 Å². The third kappa shape index (κ3) is 3.58. The van der Waals surface area contributed by atoms with Gasteiger partial charge in [0.2, 0.25) is 5.91 Å². The van der Waals surface area contributed by atoms with Gasteiger partial charge in [-0.05, 0) is 46.2 Å². The molecule has 8 nitrogen and oxygen atoms in total. The van der Waals surface area contributed by atoms with Crippen LogP contribution in [0.15, 0.2) is 11.8 Å². The van der Waals surface area contributed by atoms with Crippen molar-refractivity contribution in [2.45, 2.75) is 56.2 Å². The number of carbonyl (C=O) groups excluding carboxylic acids is 1. The molecule has 4 heterocycles. The van der Waals surface area contributed by atoms with Crippen LogP contribution in [0, 0.1) is 0 Å². The van der Waals surface area contributed by atoms with E-state index in [1.807, 2.05) is 25.9 Å². The van der Waals surface area contributed by atoms with Gasteiger partial charge < -0.3 is 15.4 Å². The minimum atomic E-state index is -0.245. The minimum Gasteiger partial charge on any atom is -0.371 e. The predicted molar refractivity (Wildman–Crippen MR) is 109 cm³/mol. The molecule has 1 saturated carbocycles. The number of rotatable bonds is 7. The largest absolute Gasteiger partial charge is 0.371 e. The van der Waals surface area contributed by atoms with Gasteiger partial charge >= 0.3 is 0 Å². The molecule has 2 saturated heterocycles. The van der Waals surface area contributed by atoms with Gasteiger partial charge in [-0.15, -0.1) is 11.3 Å². The number of fused-ring (bicyclic) bond motifs is 4. The molecule has 2 aromatic heterocycles. The molecule has 3 aliphatic rings. The number of anilines is 1. The molecule has 3 fully saturated rings. The lowest BCUT2D eigenvalue weighted by atomic mass is 9.71. The fourth-order valence-corrected chi connectivity index (χ4v) is 4.97. The standard InChI is InChI=1S/C19H28N6O2S/c1-4-13(25(2)3)16(26)20-9-19-7-5-18(6-8-19,10-27-19)24-15-14-17(22-11-21-15)28-12-23-14/h11-13H,4-10H2,1-3H3,(H,20,26)(H,21,22,24). The van der Waals surface area contributed by atoms with Crippen molar-refractivity contribution < 1.29 is 9.53 Å². The smallest absolute Gasteiger partial charge is 0.237 e. The Balaban J connectivity index is 1.38. The highest BCUT2D eigenvalue weighted by molar-refractivity contribution is 7.16. The Morgan fingerprint density at radius 2 is 2.07 bits per heavy atom. The van der Waals surface area contributed by atoms with Crippen LogP contribution in [-0.4, -0.2) is 70.2 Å². The van der Waals surface area contributed by atoms with Gasteiger partial charge in [-0.1, -0.05) is 6.92 Å². The van der Waals surface area contributed by atoms with Crippen molar-refractivity contribution in [3.63, 3.8) is 0 Å². The Morgan fingerprint density at radius 1 is 1.29 bits per heavy atom. The van der Waals surface area contributed by atoms with Crippen LogP contribution < -0.4 is 10.6 Å². The van der Waals surface area contributed by atoms with Gasteiger partial charge in [0.15, 0.2) is 5.82 Å². The monoisotopic (exact) mass is 404 g/mol. The van der Waals surface area contributed by atoms with E-state index < -0.39 is 0 Å². The normalized spacial score (nSPS) is 27.9. The molecule has 2 aliphatic heterocycles. The van der Waals surface area contributed by atoms with Crippen LogP contribution in [0.4, 0.5) is 5.82 Å². The van der Waals surface area contributed by atoms with E-state index in [9.17, 15) is 4.79 Å². The van der Waals surface area contributed by atoms with Crippen LogP contribution in [0.3, 0.4) is 0 Å². The van der Waals surface area contributed by atoms with E-state index in [-0.39, 0.29) is 23.1 Å². The van der Waals surface area contributed by atoms with Gasteiger partial charge in [-0.2, -0.15) is 0 Å². The van der Waals surface area contributed by atoms with Crippen LogP contribution in [0.25, 0.3) is 10.3 Å². The summed E-state index contributed by atoms with van der Waals surface area (Å²) in [5.41, 5.74) is 2.26. The maximum atomic E-state index is 12.5. The minimum absolute atomic E-state index is 0.0814. The Morgan fingerprint density at radius 3 is 2.71 bits per heavy atom. The first-order valence-corrected chi connectivity index (χ1v) is 10.7. The Hall–Kier alpha value is -1.84. The topological polar surface area (TPSA) is 92.3 Å². The fraction of sp³-hybridized carbons (Fsp3) is 0.684. The van der Waals surface area contributed by atoms with Crippen molar-refractivity contribution in [2.24, 2.45) is 0 Å². The zero-order valence-corrected chi connectivity index (χ0v) is 17.5. The highest BCUT2D eigenvalue weighted by atomic mass is 32.1. The average Bonchev–Trinajstić information content (AvgIpc) is 3.18. The number of nitrogens with zero attached hydrogens (tertiary/aromatic N) is 4. The molecule has 0 radical (unpaired) electrons. The van der Waals surface area contributed by atoms with Gasteiger partial charge in [0.05, 0.1) is 29.3 Å². The lowest BCUT2D eigenvalue weighted by molar-refractivity contribution is -0.150. The molecular formula is C19H28N6O2S. The van der Waals surface area contributed by atoms with Gasteiger partial charge in [-0.25, -0.2) is 15.0 Å². The third-order valence-corrected chi connectivity index (χ3v) is 6.92. The molecule has 0 aromatic carbocycles. The molecule has 1 atom stereocenters. The van der Waals surface area contributed by atoms with Gasteiger partial charge in [0, 0.05) is 6.54 Å². The number of ether oxygens (including phenoxy) is 1. The Kier molecular flexibility index (Phi) is 5.24. The molecule has 2 bridgehead atoms. The molecular weight excluding hydrogens is 376 g/mol. The van der Waals surface area contributed by atoms with E-state index in [0.717, 1.165) is 48.3 Å². The van der Waals surface area contributed by atoms with Crippen LogP contribution >= 0.6 is 11.3 Å². The second kappa shape index (κ2) is 7.53. The Labute approximate surface area is 169 Å². The summed E-state index contributed by atoms with van der Waals surface area (Å²) < 4.78 is 6.31. The molecule has 2 N–H and O–H groups in total. The lowest BCUT2D eigenvalue weighted by Gasteiger charge is -2.53. The lowest BCUT2D eigenvalue weighted by Crippen LogP contribution is -2.62. The summed E-state index contributed by atoms with van der Waals surface area (Å²) in [6.07, 6.45) is 6.20. The predicted octanol–water partition coefficient (Wildman–Crippen LogP) is 2.04. The number of thiazole rings is 1. The number of amides is 1. The average molecular weight is 405 g/mol. The zero-order chi connectivity index (χ0) is 19.8. The van der Waals surface area contributed by atoms with Crippen molar-refractivity contribution in [1.82, 2.24) is 25.2 Å². The van der Waals surface area contributed by atoms with E-state index in [1.54, 1.807) is 11.8 Å². The first kappa shape index (κ1) is 19.5. The summed E-state index contributed by atoms with van der Waals surface area (Å²) in [7, 11) is 3.88. The van der Waals surface area contributed by atoms with Crippen molar-refractivity contribution in [1.29, 1.82) is 0 Å². The summed E-state index contributed by atoms with van der Waals surface area (Å²) in [6, 6.07) is -0.0948. The molecule has 5 rings (SSSR count). The Bertz CT molecular complexity index is 829. The summed E-state index contributed by atoms with van der Waals surface area (Å²) in [6.45, 7) is 3.23. The second-order valence-corrected chi connectivity index (χ2v) is 9.04. The highest BCUT2D eigenvalue weighted by Gasteiger charge is 2.50. The molecule has 2 aromatic rings. The molecule has 1 unspecified atom stereocenters. The number of nitrogens with one attached hydrogen (secondary N) is 2. The molecule has 1 amide bonds. The number of likely N-dealkylation sites (N-methyl/N-ethyl adjacent to an activating group) is 1. The van der Waals surface area contributed by atoms with Gasteiger partial charge in [-0.3, -0.25) is 9.69 Å². The molecule has 1 aliphatic carbocycles. The molecule has 9 heteroatoms. The number of hydrogen-bond acceptors (Lipinski definition) is 8. The van der Waals surface area contributed by atoms with E-state index in [0.29, 0.717) is 13.2 Å². The molecule has 0 spiro atoms. The van der Waals surface area contributed by atoms with Crippen LogP contribution in [0.5, 0.6) is 0 Å². The number of carbonyl (C=O) groups is 1. The molecule has 152 valence electrons.